The van der Waals surface area contributed by atoms with Gasteiger partial charge in [-0.15, -0.1) is 36.2 Å². The minimum Gasteiger partial charge on any atom is -0.385 e. The molecule has 4 rings (SSSR count). The molecule has 0 aliphatic carbocycles. The van der Waals surface area contributed by atoms with E-state index in [1.807, 2.05) is 23.1 Å². The molecule has 30 heavy (non-hydrogen) atoms. The lowest BCUT2D eigenvalue weighted by Crippen LogP contribution is -2.53. The van der Waals surface area contributed by atoms with Crippen molar-refractivity contribution in [2.45, 2.75) is 41.3 Å². The summed E-state index contributed by atoms with van der Waals surface area (Å²) >= 11 is 3.82. The van der Waals surface area contributed by atoms with Crippen molar-refractivity contribution in [3.63, 3.8) is 0 Å². The number of piperazine rings is 1. The number of benzene rings is 1. The molecule has 1 saturated heterocycles. The van der Waals surface area contributed by atoms with Gasteiger partial charge in [0, 0.05) is 54.7 Å². The molecule has 4 nitrogen and oxygen atoms in total. The van der Waals surface area contributed by atoms with E-state index < -0.39 is 0 Å². The third-order valence-corrected chi connectivity index (χ3v) is 7.97. The van der Waals surface area contributed by atoms with Crippen molar-refractivity contribution in [1.29, 1.82) is 0 Å². The fourth-order valence-electron chi connectivity index (χ4n) is 3.88. The molecule has 0 unspecified atom stereocenters. The average molecular weight is 489 g/mol. The van der Waals surface area contributed by atoms with E-state index in [1.165, 1.54) is 26.0 Å². The summed E-state index contributed by atoms with van der Waals surface area (Å²) in [4.78, 5) is 12.9. The number of aryl methyl sites for hydroxylation is 1. The van der Waals surface area contributed by atoms with E-state index in [-0.39, 0.29) is 24.8 Å². The van der Waals surface area contributed by atoms with Gasteiger partial charge >= 0.3 is 0 Å². The number of hydrogen-bond donors (Lipinski definition) is 0. The van der Waals surface area contributed by atoms with E-state index >= 15 is 0 Å². The fraction of sp³-hybridized carbons (Fsp3) is 0.500. The lowest BCUT2D eigenvalue weighted by atomic mass is 10.1. The predicted molar refractivity (Wildman–Crippen MR) is 134 cm³/mol. The Labute approximate surface area is 200 Å². The highest BCUT2D eigenvalue weighted by Crippen LogP contribution is 2.44. The first-order chi connectivity index (χ1) is 13.7. The van der Waals surface area contributed by atoms with E-state index in [1.54, 1.807) is 7.11 Å². The first-order valence-corrected chi connectivity index (χ1v) is 11.8. The largest absolute Gasteiger partial charge is 0.385 e. The van der Waals surface area contributed by atoms with Crippen molar-refractivity contribution in [3.05, 3.63) is 40.8 Å². The molecule has 3 heterocycles. The monoisotopic (exact) mass is 487 g/mol. The molecule has 166 valence electrons. The zero-order valence-electron chi connectivity index (χ0n) is 17.8. The molecule has 0 bridgehead atoms. The SMILES string of the molecule is CCCc1cc2c(s1)Sc1ccccc1N=C2N1CCN(C)[C@@H](CCOC)C1.Cl.Cl. The van der Waals surface area contributed by atoms with Crippen LogP contribution in [0, 0.1) is 0 Å². The van der Waals surface area contributed by atoms with Crippen LogP contribution < -0.4 is 0 Å². The lowest BCUT2D eigenvalue weighted by Gasteiger charge is -2.41. The van der Waals surface area contributed by atoms with Gasteiger partial charge in [-0.1, -0.05) is 37.2 Å². The standard InChI is InChI=1S/C22H29N3OS2.2ClH/c1-4-7-17-14-18-21(25-12-11-24(2)16(15-25)10-13-26-3)23-19-8-5-6-9-20(19)28-22(18)27-17;;/h5-6,8-9,14,16H,4,7,10-13,15H2,1-3H3;2*1H/t16-;;/m0../s1. The maximum absolute atomic E-state index is 5.35. The Hall–Kier alpha value is -0.760. The number of rotatable bonds is 5. The maximum Gasteiger partial charge on any atom is 0.138 e. The first-order valence-electron chi connectivity index (χ1n) is 10.1. The third kappa shape index (κ3) is 5.53. The van der Waals surface area contributed by atoms with Gasteiger partial charge in [-0.2, -0.15) is 0 Å². The average Bonchev–Trinajstić information content (AvgIpc) is 3.02. The summed E-state index contributed by atoms with van der Waals surface area (Å²) in [5.41, 5.74) is 2.42. The third-order valence-electron chi connectivity index (χ3n) is 5.51. The molecular weight excluding hydrogens is 457 g/mol. The lowest BCUT2D eigenvalue weighted by molar-refractivity contribution is 0.100. The highest BCUT2D eigenvalue weighted by atomic mass is 35.5. The molecule has 0 saturated carbocycles. The Morgan fingerprint density at radius 1 is 1.20 bits per heavy atom. The van der Waals surface area contributed by atoms with Crippen LogP contribution in [0.5, 0.6) is 0 Å². The van der Waals surface area contributed by atoms with Gasteiger partial charge in [0.1, 0.15) is 5.84 Å². The Balaban J connectivity index is 0.00000160. The van der Waals surface area contributed by atoms with Gasteiger partial charge < -0.3 is 9.64 Å². The number of likely N-dealkylation sites (N-methyl/N-ethyl adjacent to an activating group) is 1. The highest BCUT2D eigenvalue weighted by molar-refractivity contribution is 8.01. The summed E-state index contributed by atoms with van der Waals surface area (Å²) in [6, 6.07) is 11.4. The van der Waals surface area contributed by atoms with Crippen molar-refractivity contribution in [1.82, 2.24) is 9.80 Å². The van der Waals surface area contributed by atoms with E-state index in [4.69, 9.17) is 9.73 Å². The van der Waals surface area contributed by atoms with Crippen LogP contribution in [0.4, 0.5) is 5.69 Å². The quantitative estimate of drug-likeness (QED) is 0.537. The number of halogens is 2. The molecule has 1 atom stereocenters. The summed E-state index contributed by atoms with van der Waals surface area (Å²) in [7, 11) is 4.02. The van der Waals surface area contributed by atoms with Crippen molar-refractivity contribution in [3.8, 4) is 0 Å². The van der Waals surface area contributed by atoms with Gasteiger partial charge in [0.2, 0.25) is 0 Å². The highest BCUT2D eigenvalue weighted by Gasteiger charge is 2.30. The Bertz CT molecular complexity index is 859. The minimum absolute atomic E-state index is 0. The normalized spacial score (nSPS) is 18.4. The zero-order valence-corrected chi connectivity index (χ0v) is 21.1. The fourth-order valence-corrected chi connectivity index (χ4v) is 6.44. The predicted octanol–water partition coefficient (Wildman–Crippen LogP) is 5.74. The molecule has 2 aliphatic heterocycles. The van der Waals surface area contributed by atoms with Gasteiger partial charge in [0.15, 0.2) is 0 Å². The van der Waals surface area contributed by atoms with Crippen LogP contribution in [0.1, 0.15) is 30.2 Å². The van der Waals surface area contributed by atoms with Crippen LogP contribution in [-0.4, -0.2) is 62.1 Å². The second-order valence-electron chi connectivity index (χ2n) is 7.53. The smallest absolute Gasteiger partial charge is 0.138 e. The number of ether oxygens (including phenoxy) is 1. The summed E-state index contributed by atoms with van der Waals surface area (Å²) < 4.78 is 6.74. The van der Waals surface area contributed by atoms with Crippen molar-refractivity contribution < 1.29 is 4.74 Å². The van der Waals surface area contributed by atoms with Gasteiger partial charge in [0.25, 0.3) is 0 Å². The second-order valence-corrected chi connectivity index (χ2v) is 9.98. The van der Waals surface area contributed by atoms with Gasteiger partial charge in [-0.05, 0) is 38.1 Å². The van der Waals surface area contributed by atoms with Gasteiger partial charge in [0.05, 0.1) is 9.90 Å². The van der Waals surface area contributed by atoms with Crippen LogP contribution in [0.2, 0.25) is 0 Å². The Kier molecular flexibility index (Phi) is 9.98. The van der Waals surface area contributed by atoms with Crippen LogP contribution in [0.25, 0.3) is 0 Å². The molecule has 2 aromatic rings. The Morgan fingerprint density at radius 2 is 2.00 bits per heavy atom. The summed E-state index contributed by atoms with van der Waals surface area (Å²) in [6.45, 7) is 6.14. The molecule has 1 aromatic heterocycles. The van der Waals surface area contributed by atoms with E-state index in [9.17, 15) is 0 Å². The van der Waals surface area contributed by atoms with Gasteiger partial charge in [-0.25, -0.2) is 4.99 Å². The van der Waals surface area contributed by atoms with Crippen molar-refractivity contribution in [2.24, 2.45) is 4.99 Å². The van der Waals surface area contributed by atoms with Gasteiger partial charge in [-0.3, -0.25) is 4.90 Å². The summed E-state index contributed by atoms with van der Waals surface area (Å²) in [5, 5.41) is 0. The van der Waals surface area contributed by atoms with Crippen LogP contribution in [0.15, 0.2) is 44.4 Å². The number of aliphatic imine (C=N–C) groups is 1. The molecule has 1 aromatic carbocycles. The second kappa shape index (κ2) is 11.7. The number of hydrogen-bond acceptors (Lipinski definition) is 6. The molecule has 0 amide bonds. The van der Waals surface area contributed by atoms with Crippen LogP contribution in [0.3, 0.4) is 0 Å². The zero-order chi connectivity index (χ0) is 19.5. The number of para-hydroxylation sites is 1. The number of amidine groups is 1. The summed E-state index contributed by atoms with van der Waals surface area (Å²) in [5.74, 6) is 1.15. The molecule has 8 heteroatoms. The molecule has 0 N–H and O–H groups in total. The number of methoxy groups -OCH3 is 1. The molecule has 0 radical (unpaired) electrons. The van der Waals surface area contributed by atoms with Crippen molar-refractivity contribution in [2.75, 3.05) is 40.4 Å². The molecule has 1 fully saturated rings. The molecule has 0 spiro atoms. The van der Waals surface area contributed by atoms with E-state index in [0.29, 0.717) is 6.04 Å². The van der Waals surface area contributed by atoms with E-state index in [2.05, 4.69) is 54.1 Å². The van der Waals surface area contributed by atoms with Crippen molar-refractivity contribution >= 4 is 59.4 Å². The topological polar surface area (TPSA) is 28.1 Å². The minimum atomic E-state index is 0. The summed E-state index contributed by atoms with van der Waals surface area (Å²) in [6.07, 6.45) is 3.38. The number of nitrogens with zero attached hydrogens (tertiary/aromatic N) is 3. The maximum atomic E-state index is 5.35. The number of thiophene rings is 1. The number of fused-ring (bicyclic) bond motifs is 2. The molecule has 2 aliphatic rings. The van der Waals surface area contributed by atoms with E-state index in [0.717, 1.165) is 50.6 Å². The first kappa shape index (κ1) is 25.5. The van der Waals surface area contributed by atoms with Crippen LogP contribution >= 0.6 is 47.9 Å². The van der Waals surface area contributed by atoms with Crippen LogP contribution in [-0.2, 0) is 11.2 Å². The Morgan fingerprint density at radius 3 is 2.77 bits per heavy atom. The molecular formula is C22H31Cl2N3OS2.